The lowest BCUT2D eigenvalue weighted by Gasteiger charge is -2.16. The van der Waals surface area contributed by atoms with Gasteiger partial charge in [-0.05, 0) is 89.2 Å². The predicted octanol–water partition coefficient (Wildman–Crippen LogP) is 6.42. The number of ether oxygens (including phenoxy) is 2. The van der Waals surface area contributed by atoms with Gasteiger partial charge >= 0.3 is 11.9 Å². The van der Waals surface area contributed by atoms with Gasteiger partial charge in [0.1, 0.15) is 24.2 Å². The molecule has 9 nitrogen and oxygen atoms in total. The molecule has 0 radical (unpaired) electrons. The van der Waals surface area contributed by atoms with Gasteiger partial charge in [0.25, 0.3) is 0 Å². The molecular weight excluding hydrogens is 532 g/mol. The van der Waals surface area contributed by atoms with Crippen LogP contribution in [0.5, 0.6) is 5.75 Å². The van der Waals surface area contributed by atoms with E-state index in [1.807, 2.05) is 60.0 Å². The molecule has 42 heavy (non-hydrogen) atoms. The summed E-state index contributed by atoms with van der Waals surface area (Å²) in [6, 6.07) is 22.5. The Labute approximate surface area is 244 Å². The molecule has 0 bridgehead atoms. The Kier molecular flexibility index (Phi) is 8.28. The SMILES string of the molecule is CCOC(=O)[C@H](C)n1c(C)c(/C=N/NC(=O)c2ccc(COc3ccc(-n4c(C)ccc4C)cc3)o2)c2ccccc21. The number of esters is 1. The number of carbonyl (C=O) groups excluding carboxylic acids is 2. The van der Waals surface area contributed by atoms with Crippen LogP contribution >= 0.6 is 0 Å². The zero-order chi connectivity index (χ0) is 29.8. The van der Waals surface area contributed by atoms with Crippen LogP contribution in [0, 0.1) is 20.8 Å². The van der Waals surface area contributed by atoms with E-state index in [1.165, 1.54) is 0 Å². The highest BCUT2D eigenvalue weighted by Crippen LogP contribution is 2.28. The Balaban J connectivity index is 1.22. The van der Waals surface area contributed by atoms with Crippen molar-refractivity contribution >= 4 is 29.0 Å². The summed E-state index contributed by atoms with van der Waals surface area (Å²) in [4.78, 5) is 25.2. The number of amides is 1. The van der Waals surface area contributed by atoms with Crippen molar-refractivity contribution in [2.45, 2.75) is 47.3 Å². The van der Waals surface area contributed by atoms with Gasteiger partial charge in [0.15, 0.2) is 5.76 Å². The van der Waals surface area contributed by atoms with Crippen molar-refractivity contribution in [2.75, 3.05) is 6.61 Å². The highest BCUT2D eigenvalue weighted by Gasteiger charge is 2.22. The van der Waals surface area contributed by atoms with Gasteiger partial charge in [-0.2, -0.15) is 5.10 Å². The van der Waals surface area contributed by atoms with Gasteiger partial charge in [-0.1, -0.05) is 18.2 Å². The molecule has 3 heterocycles. The maximum Gasteiger partial charge on any atom is 0.328 e. The van der Waals surface area contributed by atoms with E-state index in [0.29, 0.717) is 18.1 Å². The van der Waals surface area contributed by atoms with E-state index in [9.17, 15) is 9.59 Å². The first-order valence-electron chi connectivity index (χ1n) is 13.8. The van der Waals surface area contributed by atoms with Gasteiger partial charge in [-0.15, -0.1) is 0 Å². The Morgan fingerprint density at radius 3 is 2.40 bits per heavy atom. The van der Waals surface area contributed by atoms with Crippen LogP contribution in [0.4, 0.5) is 0 Å². The molecule has 0 unspecified atom stereocenters. The molecule has 0 aliphatic rings. The lowest BCUT2D eigenvalue weighted by Crippen LogP contribution is -2.20. The Morgan fingerprint density at radius 1 is 0.976 bits per heavy atom. The van der Waals surface area contributed by atoms with Crippen LogP contribution in [0.2, 0.25) is 0 Å². The van der Waals surface area contributed by atoms with Crippen LogP contribution in [0.1, 0.15) is 58.8 Å². The fourth-order valence-electron chi connectivity index (χ4n) is 5.16. The van der Waals surface area contributed by atoms with Crippen LogP contribution in [-0.2, 0) is 16.1 Å². The van der Waals surface area contributed by atoms with Crippen LogP contribution in [0.25, 0.3) is 16.6 Å². The summed E-state index contributed by atoms with van der Waals surface area (Å²) in [6.07, 6.45) is 1.58. The molecule has 9 heteroatoms. The number of aryl methyl sites for hydroxylation is 2. The third-order valence-electron chi connectivity index (χ3n) is 7.21. The third-order valence-corrected chi connectivity index (χ3v) is 7.21. The molecule has 1 amide bonds. The van der Waals surface area contributed by atoms with Gasteiger partial charge in [0.05, 0.1) is 12.8 Å². The standard InChI is InChI=1S/C33H34N4O5/c1-6-40-33(39)24(5)37-23(4)29(28-9-7-8-10-30(28)37)19-34-35-32(38)31-18-17-27(42-31)20-41-26-15-13-25(14-16-26)36-21(2)11-12-22(36)3/h7-19,24H,6,20H2,1-5H3,(H,35,38)/b34-19+/t24-/m0/s1. The summed E-state index contributed by atoms with van der Waals surface area (Å²) in [5.74, 6) is 0.530. The molecule has 1 atom stereocenters. The summed E-state index contributed by atoms with van der Waals surface area (Å²) in [6.45, 7) is 10.1. The van der Waals surface area contributed by atoms with Gasteiger partial charge in [0.2, 0.25) is 0 Å². The summed E-state index contributed by atoms with van der Waals surface area (Å²) in [7, 11) is 0. The molecule has 0 saturated heterocycles. The second-order valence-corrected chi connectivity index (χ2v) is 10.0. The van der Waals surface area contributed by atoms with Crippen LogP contribution in [0.15, 0.2) is 82.3 Å². The lowest BCUT2D eigenvalue weighted by atomic mass is 10.1. The predicted molar refractivity (Wildman–Crippen MR) is 161 cm³/mol. The number of benzene rings is 2. The molecule has 3 aromatic heterocycles. The molecule has 0 saturated carbocycles. The zero-order valence-corrected chi connectivity index (χ0v) is 24.4. The minimum absolute atomic E-state index is 0.120. The minimum atomic E-state index is -0.513. The van der Waals surface area contributed by atoms with Crippen LogP contribution in [-0.4, -0.2) is 33.8 Å². The van der Waals surface area contributed by atoms with E-state index in [1.54, 1.807) is 32.2 Å². The quantitative estimate of drug-likeness (QED) is 0.120. The number of carbonyl (C=O) groups is 2. The Morgan fingerprint density at radius 2 is 1.69 bits per heavy atom. The van der Waals surface area contributed by atoms with E-state index in [4.69, 9.17) is 13.9 Å². The topological polar surface area (TPSA) is 100.0 Å². The molecule has 5 rings (SSSR count). The number of para-hydroxylation sites is 1. The number of fused-ring (bicyclic) bond motifs is 1. The fraction of sp³-hybridized carbons (Fsp3) is 0.242. The fourth-order valence-corrected chi connectivity index (χ4v) is 5.16. The number of furan rings is 1. The van der Waals surface area contributed by atoms with E-state index < -0.39 is 11.9 Å². The van der Waals surface area contributed by atoms with Gasteiger partial charge in [-0.3, -0.25) is 4.79 Å². The number of hydrazone groups is 1. The van der Waals surface area contributed by atoms with Gasteiger partial charge in [-0.25, -0.2) is 10.2 Å². The van der Waals surface area contributed by atoms with Crippen LogP contribution < -0.4 is 10.2 Å². The zero-order valence-electron chi connectivity index (χ0n) is 24.4. The highest BCUT2D eigenvalue weighted by atomic mass is 16.5. The lowest BCUT2D eigenvalue weighted by molar-refractivity contribution is -0.146. The highest BCUT2D eigenvalue weighted by molar-refractivity contribution is 6.02. The molecule has 5 aromatic rings. The van der Waals surface area contributed by atoms with E-state index in [-0.39, 0.29) is 18.3 Å². The first-order valence-corrected chi connectivity index (χ1v) is 13.8. The van der Waals surface area contributed by atoms with Gasteiger partial charge in [0, 0.05) is 39.2 Å². The molecule has 1 N–H and O–H groups in total. The van der Waals surface area contributed by atoms with Crippen molar-refractivity contribution < 1.29 is 23.5 Å². The molecule has 216 valence electrons. The largest absolute Gasteiger partial charge is 0.486 e. The average molecular weight is 567 g/mol. The number of hydrogen-bond acceptors (Lipinski definition) is 6. The molecular formula is C33H34N4O5. The van der Waals surface area contributed by atoms with E-state index in [0.717, 1.165) is 39.2 Å². The summed E-state index contributed by atoms with van der Waals surface area (Å²) in [5, 5.41) is 5.09. The first kappa shape index (κ1) is 28.5. The summed E-state index contributed by atoms with van der Waals surface area (Å²) >= 11 is 0. The number of nitrogens with one attached hydrogen (secondary N) is 1. The second-order valence-electron chi connectivity index (χ2n) is 10.0. The van der Waals surface area contributed by atoms with Crippen molar-refractivity contribution in [2.24, 2.45) is 5.10 Å². The monoisotopic (exact) mass is 566 g/mol. The van der Waals surface area contributed by atoms with E-state index >= 15 is 0 Å². The number of aromatic nitrogens is 2. The summed E-state index contributed by atoms with van der Waals surface area (Å²) in [5.41, 5.74) is 8.43. The molecule has 0 fully saturated rings. The van der Waals surface area contributed by atoms with Crippen molar-refractivity contribution in [3.63, 3.8) is 0 Å². The summed E-state index contributed by atoms with van der Waals surface area (Å²) < 4.78 is 20.9. The van der Waals surface area contributed by atoms with Crippen molar-refractivity contribution in [3.05, 3.63) is 107 Å². The molecule has 0 aliphatic heterocycles. The van der Waals surface area contributed by atoms with Crippen LogP contribution in [0.3, 0.4) is 0 Å². The number of nitrogens with zero attached hydrogens (tertiary/aromatic N) is 3. The molecule has 0 spiro atoms. The van der Waals surface area contributed by atoms with Crippen molar-refractivity contribution in [1.82, 2.24) is 14.6 Å². The minimum Gasteiger partial charge on any atom is -0.486 e. The average Bonchev–Trinajstić information content (AvgIpc) is 3.68. The Bertz CT molecular complexity index is 1740. The molecule has 2 aromatic carbocycles. The molecule has 0 aliphatic carbocycles. The van der Waals surface area contributed by atoms with Crippen molar-refractivity contribution in [3.8, 4) is 11.4 Å². The third kappa shape index (κ3) is 5.72. The van der Waals surface area contributed by atoms with Gasteiger partial charge < -0.3 is 23.0 Å². The number of rotatable bonds is 10. The first-order chi connectivity index (χ1) is 20.3. The Hall–Kier alpha value is -5.05. The second kappa shape index (κ2) is 12.2. The number of hydrogen-bond donors (Lipinski definition) is 1. The normalized spacial score (nSPS) is 12.1. The maximum absolute atomic E-state index is 12.7. The maximum atomic E-state index is 12.7. The van der Waals surface area contributed by atoms with Crippen molar-refractivity contribution in [1.29, 1.82) is 0 Å². The smallest absolute Gasteiger partial charge is 0.328 e. The van der Waals surface area contributed by atoms with E-state index in [2.05, 4.69) is 41.1 Å².